The zero-order valence-electron chi connectivity index (χ0n) is 19.7. The molecular weight excluding hydrogens is 434 g/mol. The lowest BCUT2D eigenvalue weighted by atomic mass is 9.97. The molecule has 0 aliphatic heterocycles. The van der Waals surface area contributed by atoms with Gasteiger partial charge in [0.2, 0.25) is 0 Å². The Kier molecular flexibility index (Phi) is 7.18. The Balaban J connectivity index is 1.44. The second-order valence-corrected chi connectivity index (χ2v) is 8.43. The van der Waals surface area contributed by atoms with Crippen molar-refractivity contribution >= 4 is 11.8 Å². The molecule has 35 heavy (non-hydrogen) atoms. The number of nitrogens with zero attached hydrogens (tertiary/aromatic N) is 1. The monoisotopic (exact) mass is 459 g/mol. The molecule has 1 unspecified atom stereocenters. The Morgan fingerprint density at radius 1 is 0.714 bits per heavy atom. The molecule has 0 aromatic heterocycles. The number of carbonyl (C=O) groups excluding carboxylic acids is 2. The summed E-state index contributed by atoms with van der Waals surface area (Å²) in [6.45, 7) is 3.76. The van der Waals surface area contributed by atoms with Gasteiger partial charge in [-0.3, -0.25) is 9.59 Å². The molecule has 0 radical (unpaired) electrons. The lowest BCUT2D eigenvalue weighted by Gasteiger charge is -2.09. The van der Waals surface area contributed by atoms with Crippen molar-refractivity contribution in [3.8, 4) is 34.1 Å². The summed E-state index contributed by atoms with van der Waals surface area (Å²) in [6.07, 6.45) is 0.715. The summed E-state index contributed by atoms with van der Waals surface area (Å²) in [4.78, 5) is 24.8. The minimum atomic E-state index is -0.271. The number of hydrogen-bond acceptors (Lipinski definition) is 4. The van der Waals surface area contributed by atoms with Crippen molar-refractivity contribution in [1.29, 1.82) is 5.26 Å². The van der Waals surface area contributed by atoms with Crippen molar-refractivity contribution in [2.24, 2.45) is 5.92 Å². The van der Waals surface area contributed by atoms with Crippen LogP contribution in [-0.4, -0.2) is 11.8 Å². The number of carbonyl (C=O) groups is 2. The molecule has 0 saturated carbocycles. The van der Waals surface area contributed by atoms with Crippen LogP contribution < -0.4 is 4.74 Å². The molecule has 0 aliphatic rings. The van der Waals surface area contributed by atoms with Crippen molar-refractivity contribution in [3.05, 3.63) is 114 Å². The van der Waals surface area contributed by atoms with E-state index in [1.807, 2.05) is 86.6 Å². The SMILES string of the molecule is CCC(C)C(=O)Oc1ccc(C(=O)c2ccc(-c3ccc(-c4ccc(C#N)cc4)cc3)cc2)cc1. The van der Waals surface area contributed by atoms with Gasteiger partial charge in [0.1, 0.15) is 5.75 Å². The number of benzene rings is 4. The van der Waals surface area contributed by atoms with E-state index in [1.54, 1.807) is 24.3 Å². The van der Waals surface area contributed by atoms with E-state index in [0.717, 1.165) is 22.3 Å². The highest BCUT2D eigenvalue weighted by Crippen LogP contribution is 2.26. The fraction of sp³-hybridized carbons (Fsp3) is 0.129. The van der Waals surface area contributed by atoms with Gasteiger partial charge >= 0.3 is 5.97 Å². The fourth-order valence-corrected chi connectivity index (χ4v) is 3.63. The first-order valence-corrected chi connectivity index (χ1v) is 11.6. The summed E-state index contributed by atoms with van der Waals surface area (Å²) >= 11 is 0. The van der Waals surface area contributed by atoms with E-state index < -0.39 is 0 Å². The van der Waals surface area contributed by atoms with Gasteiger partial charge in [0.05, 0.1) is 17.6 Å². The Bertz CT molecular complexity index is 1360. The molecule has 4 rings (SSSR count). The average molecular weight is 460 g/mol. The highest BCUT2D eigenvalue weighted by atomic mass is 16.5. The first-order valence-electron chi connectivity index (χ1n) is 11.6. The van der Waals surface area contributed by atoms with Crippen LogP contribution in [0.3, 0.4) is 0 Å². The third-order valence-corrected chi connectivity index (χ3v) is 6.06. The highest BCUT2D eigenvalue weighted by Gasteiger charge is 2.14. The van der Waals surface area contributed by atoms with E-state index in [1.165, 1.54) is 0 Å². The number of ketones is 1. The Morgan fingerprint density at radius 3 is 1.54 bits per heavy atom. The summed E-state index contributed by atoms with van der Waals surface area (Å²) in [5.41, 5.74) is 5.95. The molecule has 0 spiro atoms. The normalized spacial score (nSPS) is 11.3. The summed E-state index contributed by atoms with van der Waals surface area (Å²) < 4.78 is 5.36. The number of hydrogen-bond donors (Lipinski definition) is 0. The van der Waals surface area contributed by atoms with Crippen molar-refractivity contribution in [2.75, 3.05) is 0 Å². The van der Waals surface area contributed by atoms with Gasteiger partial charge in [-0.15, -0.1) is 0 Å². The van der Waals surface area contributed by atoms with E-state index in [9.17, 15) is 9.59 Å². The van der Waals surface area contributed by atoms with Gasteiger partial charge in [0.15, 0.2) is 5.78 Å². The van der Waals surface area contributed by atoms with E-state index in [-0.39, 0.29) is 17.7 Å². The summed E-state index contributed by atoms with van der Waals surface area (Å²) in [6, 6.07) is 32.0. The first-order chi connectivity index (χ1) is 17.0. The van der Waals surface area contributed by atoms with Crippen LogP contribution in [0.25, 0.3) is 22.3 Å². The van der Waals surface area contributed by atoms with E-state index in [2.05, 4.69) is 6.07 Å². The molecule has 0 bridgehead atoms. The minimum Gasteiger partial charge on any atom is -0.426 e. The van der Waals surface area contributed by atoms with Gasteiger partial charge in [-0.1, -0.05) is 74.5 Å². The second kappa shape index (κ2) is 10.6. The maximum atomic E-state index is 12.9. The van der Waals surface area contributed by atoms with Gasteiger partial charge in [0.25, 0.3) is 0 Å². The molecule has 0 heterocycles. The highest BCUT2D eigenvalue weighted by molar-refractivity contribution is 6.09. The van der Waals surface area contributed by atoms with Gasteiger partial charge in [0, 0.05) is 11.1 Å². The van der Waals surface area contributed by atoms with Crippen LogP contribution >= 0.6 is 0 Å². The van der Waals surface area contributed by atoms with Crippen molar-refractivity contribution in [2.45, 2.75) is 20.3 Å². The molecule has 4 heteroatoms. The number of esters is 1. The largest absolute Gasteiger partial charge is 0.426 e. The molecular formula is C31H25NO3. The third kappa shape index (κ3) is 5.54. The molecule has 4 nitrogen and oxygen atoms in total. The Morgan fingerprint density at radius 2 is 1.11 bits per heavy atom. The van der Waals surface area contributed by atoms with Gasteiger partial charge < -0.3 is 4.74 Å². The predicted octanol–water partition coefficient (Wildman–Crippen LogP) is 7.07. The minimum absolute atomic E-state index is 0.0903. The molecule has 4 aromatic rings. The van der Waals surface area contributed by atoms with E-state index >= 15 is 0 Å². The molecule has 0 N–H and O–H groups in total. The van der Waals surface area contributed by atoms with Crippen LogP contribution in [0, 0.1) is 17.2 Å². The summed E-state index contributed by atoms with van der Waals surface area (Å²) in [7, 11) is 0. The average Bonchev–Trinajstić information content (AvgIpc) is 2.93. The Hall–Kier alpha value is -4.49. The standard InChI is InChI=1S/C31H25NO3/c1-3-21(2)31(34)35-29-18-16-28(17-19-29)30(33)27-14-12-26(13-15-27)25-10-8-24(9-11-25)23-6-4-22(20-32)5-7-23/h4-19,21H,3H2,1-2H3. The van der Waals surface area contributed by atoms with Gasteiger partial charge in [-0.05, 0) is 65.1 Å². The van der Waals surface area contributed by atoms with Crippen LogP contribution in [-0.2, 0) is 4.79 Å². The molecule has 0 fully saturated rings. The maximum Gasteiger partial charge on any atom is 0.314 e. The van der Waals surface area contributed by atoms with Crippen molar-refractivity contribution in [1.82, 2.24) is 0 Å². The number of rotatable bonds is 7. The van der Waals surface area contributed by atoms with Crippen molar-refractivity contribution < 1.29 is 14.3 Å². The van der Waals surface area contributed by atoms with Crippen LogP contribution in [0.1, 0.15) is 41.8 Å². The molecule has 1 atom stereocenters. The quantitative estimate of drug-likeness (QED) is 0.168. The van der Waals surface area contributed by atoms with E-state index in [4.69, 9.17) is 10.00 Å². The third-order valence-electron chi connectivity index (χ3n) is 6.06. The van der Waals surface area contributed by atoms with Crippen LogP contribution in [0.15, 0.2) is 97.1 Å². The molecule has 0 aliphatic carbocycles. The zero-order chi connectivity index (χ0) is 24.8. The van der Waals surface area contributed by atoms with Gasteiger partial charge in [-0.25, -0.2) is 0 Å². The fourth-order valence-electron chi connectivity index (χ4n) is 3.63. The van der Waals surface area contributed by atoms with Gasteiger partial charge in [-0.2, -0.15) is 5.26 Å². The van der Waals surface area contributed by atoms with E-state index in [0.29, 0.717) is 28.9 Å². The van der Waals surface area contributed by atoms with Crippen molar-refractivity contribution in [3.63, 3.8) is 0 Å². The molecule has 0 amide bonds. The molecule has 0 saturated heterocycles. The smallest absolute Gasteiger partial charge is 0.314 e. The number of ether oxygens (including phenoxy) is 1. The first kappa shape index (κ1) is 23.7. The Labute approximate surface area is 205 Å². The second-order valence-electron chi connectivity index (χ2n) is 8.43. The predicted molar refractivity (Wildman–Crippen MR) is 137 cm³/mol. The number of nitriles is 1. The lowest BCUT2D eigenvalue weighted by molar-refractivity contribution is -0.138. The van der Waals surface area contributed by atoms with Crippen LogP contribution in [0.4, 0.5) is 0 Å². The van der Waals surface area contributed by atoms with Crippen LogP contribution in [0.5, 0.6) is 5.75 Å². The molecule has 4 aromatic carbocycles. The summed E-state index contributed by atoms with van der Waals surface area (Å²) in [5, 5.41) is 8.96. The zero-order valence-corrected chi connectivity index (χ0v) is 19.7. The topological polar surface area (TPSA) is 67.2 Å². The summed E-state index contributed by atoms with van der Waals surface area (Å²) in [5.74, 6) is -0.0896. The maximum absolute atomic E-state index is 12.9. The molecule has 172 valence electrons. The lowest BCUT2D eigenvalue weighted by Crippen LogP contribution is -2.16. The van der Waals surface area contributed by atoms with Crippen LogP contribution in [0.2, 0.25) is 0 Å².